The SMILES string of the molecule is CCN(CCO)C[C@@H](C)N1c2ccccc2Sc2ccc(C(=S)NCc3ccccc3)cc21. The molecule has 3 aromatic rings. The molecule has 0 aliphatic carbocycles. The Morgan fingerprint density at radius 1 is 1.03 bits per heavy atom. The van der Waals surface area contributed by atoms with Crippen LogP contribution in [0.15, 0.2) is 82.6 Å². The fourth-order valence-corrected chi connectivity index (χ4v) is 5.51. The summed E-state index contributed by atoms with van der Waals surface area (Å²) >= 11 is 7.57. The fraction of sp³-hybridized carbons (Fsp3) is 0.296. The zero-order valence-corrected chi connectivity index (χ0v) is 20.8. The van der Waals surface area contributed by atoms with Crippen molar-refractivity contribution >= 4 is 40.3 Å². The van der Waals surface area contributed by atoms with Gasteiger partial charge in [0, 0.05) is 41.0 Å². The average molecular weight is 478 g/mol. The van der Waals surface area contributed by atoms with Crippen LogP contribution in [0, 0.1) is 0 Å². The van der Waals surface area contributed by atoms with Crippen molar-refractivity contribution in [3.63, 3.8) is 0 Å². The van der Waals surface area contributed by atoms with Crippen LogP contribution in [0.4, 0.5) is 11.4 Å². The van der Waals surface area contributed by atoms with Crippen molar-refractivity contribution in [2.45, 2.75) is 36.2 Å². The highest BCUT2D eigenvalue weighted by atomic mass is 32.2. The first-order valence-corrected chi connectivity index (χ1v) is 12.7. The highest BCUT2D eigenvalue weighted by Crippen LogP contribution is 2.49. The second-order valence-electron chi connectivity index (χ2n) is 8.26. The molecule has 1 aliphatic rings. The molecular weight excluding hydrogens is 446 g/mol. The summed E-state index contributed by atoms with van der Waals surface area (Å²) in [6, 6.07) is 25.7. The molecule has 0 saturated carbocycles. The number of nitrogens with one attached hydrogen (secondary N) is 1. The predicted octanol–water partition coefficient (Wildman–Crippen LogP) is 5.46. The van der Waals surface area contributed by atoms with Crippen molar-refractivity contribution in [2.75, 3.05) is 31.1 Å². The van der Waals surface area contributed by atoms with E-state index in [1.54, 1.807) is 0 Å². The zero-order chi connectivity index (χ0) is 23.2. The van der Waals surface area contributed by atoms with Gasteiger partial charge in [-0.2, -0.15) is 0 Å². The number of likely N-dealkylation sites (N-methyl/N-ethyl adjacent to an activating group) is 1. The van der Waals surface area contributed by atoms with Gasteiger partial charge in [-0.05, 0) is 43.3 Å². The van der Waals surface area contributed by atoms with Crippen molar-refractivity contribution in [2.24, 2.45) is 0 Å². The maximum Gasteiger partial charge on any atom is 0.106 e. The van der Waals surface area contributed by atoms with Gasteiger partial charge in [-0.3, -0.25) is 4.90 Å². The molecule has 6 heteroatoms. The topological polar surface area (TPSA) is 38.7 Å². The van der Waals surface area contributed by atoms with Gasteiger partial charge in [0.2, 0.25) is 0 Å². The summed E-state index contributed by atoms with van der Waals surface area (Å²) in [5, 5.41) is 12.9. The minimum absolute atomic E-state index is 0.176. The number of benzene rings is 3. The number of hydrogen-bond donors (Lipinski definition) is 2. The molecular formula is C27H31N3OS2. The first-order valence-electron chi connectivity index (χ1n) is 11.5. The molecule has 4 rings (SSSR count). The van der Waals surface area contributed by atoms with Gasteiger partial charge in [-0.1, -0.05) is 79.4 Å². The number of anilines is 2. The third-order valence-corrected chi connectivity index (χ3v) is 7.46. The number of para-hydroxylation sites is 1. The van der Waals surface area contributed by atoms with Crippen LogP contribution in [0.25, 0.3) is 0 Å². The van der Waals surface area contributed by atoms with E-state index in [9.17, 15) is 5.11 Å². The minimum Gasteiger partial charge on any atom is -0.395 e. The molecule has 172 valence electrons. The number of nitrogens with zero attached hydrogens (tertiary/aromatic N) is 2. The molecule has 0 aromatic heterocycles. The maximum absolute atomic E-state index is 9.46. The first kappa shape index (κ1) is 23.8. The third kappa shape index (κ3) is 5.58. The Morgan fingerprint density at radius 3 is 2.52 bits per heavy atom. The first-order chi connectivity index (χ1) is 16.1. The number of hydrogen-bond acceptors (Lipinski definition) is 5. The van der Waals surface area contributed by atoms with E-state index in [0.717, 1.165) is 23.6 Å². The molecule has 33 heavy (non-hydrogen) atoms. The minimum atomic E-state index is 0.176. The van der Waals surface area contributed by atoms with Gasteiger partial charge in [-0.25, -0.2) is 0 Å². The summed E-state index contributed by atoms with van der Waals surface area (Å²) in [5.74, 6) is 0. The Labute approximate surface area is 206 Å². The van der Waals surface area contributed by atoms with E-state index in [1.165, 1.54) is 26.7 Å². The Bertz CT molecular complexity index is 1090. The second kappa shape index (κ2) is 11.2. The molecule has 3 aromatic carbocycles. The number of aliphatic hydroxyl groups is 1. The summed E-state index contributed by atoms with van der Waals surface area (Å²) in [6.45, 7) is 7.76. The Morgan fingerprint density at radius 2 is 1.76 bits per heavy atom. The molecule has 1 aliphatic heterocycles. The van der Waals surface area contributed by atoms with E-state index in [0.29, 0.717) is 13.1 Å². The molecule has 4 nitrogen and oxygen atoms in total. The molecule has 0 bridgehead atoms. The molecule has 0 spiro atoms. The van der Waals surface area contributed by atoms with E-state index >= 15 is 0 Å². The van der Waals surface area contributed by atoms with E-state index in [4.69, 9.17) is 12.2 Å². The van der Waals surface area contributed by atoms with Crippen LogP contribution in [0.3, 0.4) is 0 Å². The van der Waals surface area contributed by atoms with Crippen LogP contribution in [0.1, 0.15) is 25.0 Å². The monoisotopic (exact) mass is 477 g/mol. The summed E-state index contributed by atoms with van der Waals surface area (Å²) < 4.78 is 0. The average Bonchev–Trinajstić information content (AvgIpc) is 2.85. The summed E-state index contributed by atoms with van der Waals surface area (Å²) in [6.07, 6.45) is 0. The fourth-order valence-electron chi connectivity index (χ4n) is 4.25. The normalized spacial score (nSPS) is 13.4. The second-order valence-corrected chi connectivity index (χ2v) is 9.75. The lowest BCUT2D eigenvalue weighted by Gasteiger charge is -2.39. The van der Waals surface area contributed by atoms with E-state index in [-0.39, 0.29) is 12.6 Å². The van der Waals surface area contributed by atoms with Crippen LogP contribution in [0.2, 0.25) is 0 Å². The Balaban J connectivity index is 1.61. The third-order valence-electron chi connectivity index (χ3n) is 5.95. The van der Waals surface area contributed by atoms with Crippen LogP contribution >= 0.6 is 24.0 Å². The number of fused-ring (bicyclic) bond motifs is 2. The van der Waals surface area contributed by atoms with Gasteiger partial charge >= 0.3 is 0 Å². The predicted molar refractivity (Wildman–Crippen MR) is 143 cm³/mol. The van der Waals surface area contributed by atoms with Crippen molar-refractivity contribution in [1.82, 2.24) is 10.2 Å². The van der Waals surface area contributed by atoms with Crippen LogP contribution in [-0.4, -0.2) is 47.3 Å². The summed E-state index contributed by atoms with van der Waals surface area (Å²) in [7, 11) is 0. The number of rotatable bonds is 9. The van der Waals surface area contributed by atoms with E-state index in [2.05, 4.69) is 83.6 Å². The number of aliphatic hydroxyl groups excluding tert-OH is 1. The lowest BCUT2D eigenvalue weighted by Crippen LogP contribution is -2.42. The molecule has 1 atom stereocenters. The lowest BCUT2D eigenvalue weighted by atomic mass is 10.1. The Hall–Kier alpha value is -2.38. The smallest absolute Gasteiger partial charge is 0.106 e. The Kier molecular flexibility index (Phi) is 8.04. The molecule has 0 radical (unpaired) electrons. The van der Waals surface area contributed by atoms with Crippen molar-refractivity contribution in [1.29, 1.82) is 0 Å². The summed E-state index contributed by atoms with van der Waals surface area (Å²) in [4.78, 5) is 7.99. The van der Waals surface area contributed by atoms with E-state index in [1.807, 2.05) is 30.0 Å². The van der Waals surface area contributed by atoms with Gasteiger partial charge in [0.25, 0.3) is 0 Å². The van der Waals surface area contributed by atoms with Gasteiger partial charge in [0.05, 0.1) is 18.0 Å². The molecule has 0 saturated heterocycles. The standard InChI is InChI=1S/C27H31N3OS2/c1-3-29(15-16-31)19-20(2)30-23-11-7-8-12-25(23)33-26-14-13-22(17-24(26)30)27(32)28-18-21-9-5-4-6-10-21/h4-14,17,20,31H,3,15-16,18-19H2,1-2H3,(H,28,32)/t20-/m1/s1. The molecule has 0 fully saturated rings. The number of thiocarbonyl (C=S) groups is 1. The molecule has 2 N–H and O–H groups in total. The van der Waals surface area contributed by atoms with Gasteiger partial charge < -0.3 is 15.3 Å². The largest absolute Gasteiger partial charge is 0.395 e. The van der Waals surface area contributed by atoms with Crippen molar-refractivity contribution in [3.05, 3.63) is 83.9 Å². The van der Waals surface area contributed by atoms with Crippen LogP contribution < -0.4 is 10.2 Å². The van der Waals surface area contributed by atoms with E-state index < -0.39 is 0 Å². The van der Waals surface area contributed by atoms with Crippen LogP contribution in [-0.2, 0) is 6.54 Å². The maximum atomic E-state index is 9.46. The van der Waals surface area contributed by atoms with Gasteiger partial charge in [0.15, 0.2) is 0 Å². The quantitative estimate of drug-likeness (QED) is 0.399. The lowest BCUT2D eigenvalue weighted by molar-refractivity contribution is 0.196. The van der Waals surface area contributed by atoms with Crippen molar-refractivity contribution in [3.8, 4) is 0 Å². The van der Waals surface area contributed by atoms with Crippen molar-refractivity contribution < 1.29 is 5.11 Å². The van der Waals surface area contributed by atoms with Crippen LogP contribution in [0.5, 0.6) is 0 Å². The molecule has 1 heterocycles. The molecule has 0 unspecified atom stereocenters. The molecule has 0 amide bonds. The zero-order valence-electron chi connectivity index (χ0n) is 19.2. The highest BCUT2D eigenvalue weighted by molar-refractivity contribution is 7.99. The van der Waals surface area contributed by atoms with Gasteiger partial charge in [-0.15, -0.1) is 0 Å². The summed E-state index contributed by atoms with van der Waals surface area (Å²) in [5.41, 5.74) is 4.65. The van der Waals surface area contributed by atoms with Gasteiger partial charge in [0.1, 0.15) is 4.99 Å². The highest BCUT2D eigenvalue weighted by Gasteiger charge is 2.28.